The lowest BCUT2D eigenvalue weighted by Gasteiger charge is -2.13. The number of benzene rings is 1. The summed E-state index contributed by atoms with van der Waals surface area (Å²) in [6.07, 6.45) is -0.731. The zero-order valence-electron chi connectivity index (χ0n) is 8.87. The highest BCUT2D eigenvalue weighted by Gasteiger charge is 2.31. The molecule has 0 fully saturated rings. The lowest BCUT2D eigenvalue weighted by Crippen LogP contribution is -2.20. The highest BCUT2D eigenvalue weighted by Crippen LogP contribution is 2.29. The fourth-order valence-corrected chi connectivity index (χ4v) is 1.67. The van der Waals surface area contributed by atoms with Crippen LogP contribution in [-0.2, 0) is 9.53 Å². The van der Waals surface area contributed by atoms with Gasteiger partial charge in [-0.3, -0.25) is 0 Å². The zero-order valence-corrected chi connectivity index (χ0v) is 10.4. The van der Waals surface area contributed by atoms with Crippen LogP contribution in [0.25, 0.3) is 0 Å². The maximum atomic E-state index is 11.1. The van der Waals surface area contributed by atoms with Gasteiger partial charge in [0.1, 0.15) is 15.8 Å². The first-order valence-electron chi connectivity index (χ1n) is 4.78. The van der Waals surface area contributed by atoms with Gasteiger partial charge in [0.05, 0.1) is 7.11 Å². The van der Waals surface area contributed by atoms with E-state index in [9.17, 15) is 4.79 Å². The summed E-state index contributed by atoms with van der Waals surface area (Å²) in [5, 5.41) is 3.00. The number of anilines is 1. The van der Waals surface area contributed by atoms with Crippen molar-refractivity contribution in [1.29, 1.82) is 0 Å². The van der Waals surface area contributed by atoms with Crippen molar-refractivity contribution in [3.8, 4) is 5.75 Å². The van der Waals surface area contributed by atoms with Crippen molar-refractivity contribution >= 4 is 34.9 Å². The molecule has 0 saturated carbocycles. The van der Waals surface area contributed by atoms with Gasteiger partial charge in [-0.1, -0.05) is 23.2 Å². The Bertz CT molecular complexity index is 470. The van der Waals surface area contributed by atoms with Crippen LogP contribution in [0.1, 0.15) is 0 Å². The van der Waals surface area contributed by atoms with Crippen molar-refractivity contribution in [2.24, 2.45) is 0 Å². The van der Waals surface area contributed by atoms with Crippen LogP contribution in [0.5, 0.6) is 5.75 Å². The standard InChI is InChI=1S/C11H9Cl2NO3/c1-16-7-4-2-6(3-5-7)14-10-8(12)9(13)11(15)17-10/h2-5,10,14H,1H3. The molecule has 1 N–H and O–H groups in total. The summed E-state index contributed by atoms with van der Waals surface area (Å²) in [6, 6.07) is 7.11. The molecule has 2 rings (SSSR count). The Morgan fingerprint density at radius 3 is 2.41 bits per heavy atom. The molecule has 0 aliphatic carbocycles. The van der Waals surface area contributed by atoms with Crippen molar-refractivity contribution in [1.82, 2.24) is 0 Å². The number of esters is 1. The van der Waals surface area contributed by atoms with E-state index >= 15 is 0 Å². The van der Waals surface area contributed by atoms with E-state index < -0.39 is 12.2 Å². The fourth-order valence-electron chi connectivity index (χ4n) is 1.35. The zero-order chi connectivity index (χ0) is 12.4. The van der Waals surface area contributed by atoms with Gasteiger partial charge in [-0.25, -0.2) is 4.79 Å². The van der Waals surface area contributed by atoms with Gasteiger partial charge in [0.15, 0.2) is 0 Å². The number of halogens is 2. The Balaban J connectivity index is 2.09. The van der Waals surface area contributed by atoms with E-state index in [2.05, 4.69) is 5.32 Å². The molecular formula is C11H9Cl2NO3. The van der Waals surface area contributed by atoms with Crippen LogP contribution in [0.4, 0.5) is 5.69 Å². The van der Waals surface area contributed by atoms with E-state index in [4.69, 9.17) is 32.7 Å². The van der Waals surface area contributed by atoms with Crippen LogP contribution in [-0.4, -0.2) is 19.3 Å². The summed E-state index contributed by atoms with van der Waals surface area (Å²) in [5.41, 5.74) is 0.744. The van der Waals surface area contributed by atoms with Gasteiger partial charge >= 0.3 is 5.97 Å². The highest BCUT2D eigenvalue weighted by atomic mass is 35.5. The first-order valence-corrected chi connectivity index (χ1v) is 5.54. The first kappa shape index (κ1) is 12.1. The molecule has 0 spiro atoms. The summed E-state index contributed by atoms with van der Waals surface area (Å²) in [6.45, 7) is 0. The van der Waals surface area contributed by atoms with Crippen molar-refractivity contribution < 1.29 is 14.3 Å². The number of nitrogens with one attached hydrogen (secondary N) is 1. The second-order valence-electron chi connectivity index (χ2n) is 3.32. The van der Waals surface area contributed by atoms with Crippen LogP contribution < -0.4 is 10.1 Å². The number of carbonyl (C=O) groups is 1. The maximum Gasteiger partial charge on any atom is 0.353 e. The molecule has 0 saturated heterocycles. The molecule has 6 heteroatoms. The number of hydrogen-bond donors (Lipinski definition) is 1. The lowest BCUT2D eigenvalue weighted by atomic mass is 10.3. The number of cyclic esters (lactones) is 1. The van der Waals surface area contributed by atoms with E-state index in [1.54, 1.807) is 31.4 Å². The molecule has 0 radical (unpaired) electrons. The molecule has 0 aromatic heterocycles. The maximum absolute atomic E-state index is 11.1. The number of methoxy groups -OCH3 is 1. The number of rotatable bonds is 3. The molecule has 0 bridgehead atoms. The molecule has 1 unspecified atom stereocenters. The smallest absolute Gasteiger partial charge is 0.353 e. The molecular weight excluding hydrogens is 265 g/mol. The first-order chi connectivity index (χ1) is 8.11. The molecule has 1 aliphatic heterocycles. The molecule has 4 nitrogen and oxygen atoms in total. The number of hydrogen-bond acceptors (Lipinski definition) is 4. The predicted octanol–water partition coefficient (Wildman–Crippen LogP) is 2.68. The van der Waals surface area contributed by atoms with Gasteiger partial charge in [0, 0.05) is 5.69 Å². The van der Waals surface area contributed by atoms with Crippen LogP contribution in [0, 0.1) is 0 Å². The summed E-state index contributed by atoms with van der Waals surface area (Å²) in [5.74, 6) is 0.112. The van der Waals surface area contributed by atoms with Crippen molar-refractivity contribution in [3.05, 3.63) is 34.3 Å². The number of ether oxygens (including phenoxy) is 2. The Labute approximate surface area is 108 Å². The summed E-state index contributed by atoms with van der Waals surface area (Å²) in [7, 11) is 1.58. The van der Waals surface area contributed by atoms with E-state index in [-0.39, 0.29) is 10.1 Å². The molecule has 1 aliphatic rings. The third-order valence-corrected chi connectivity index (χ3v) is 3.07. The Morgan fingerprint density at radius 1 is 1.29 bits per heavy atom. The molecule has 1 atom stereocenters. The van der Waals surface area contributed by atoms with E-state index in [0.717, 1.165) is 11.4 Å². The Hall–Kier alpha value is -1.39. The summed E-state index contributed by atoms with van der Waals surface area (Å²) >= 11 is 11.5. The monoisotopic (exact) mass is 273 g/mol. The highest BCUT2D eigenvalue weighted by molar-refractivity contribution is 6.48. The largest absolute Gasteiger partial charge is 0.497 e. The van der Waals surface area contributed by atoms with Gasteiger partial charge < -0.3 is 14.8 Å². The second-order valence-corrected chi connectivity index (χ2v) is 4.11. The SMILES string of the molecule is COc1ccc(NC2OC(=O)C(Cl)=C2Cl)cc1. The van der Waals surface area contributed by atoms with Crippen LogP contribution in [0.15, 0.2) is 34.3 Å². The minimum absolute atomic E-state index is 0.0855. The molecule has 1 heterocycles. The minimum Gasteiger partial charge on any atom is -0.497 e. The summed E-state index contributed by atoms with van der Waals surface area (Å²) < 4.78 is 9.95. The predicted molar refractivity (Wildman–Crippen MR) is 65.2 cm³/mol. The van der Waals surface area contributed by atoms with Gasteiger partial charge in [-0.2, -0.15) is 0 Å². The normalized spacial score (nSPS) is 19.2. The topological polar surface area (TPSA) is 47.6 Å². The minimum atomic E-state index is -0.731. The molecule has 0 amide bonds. The average Bonchev–Trinajstić information content (AvgIpc) is 2.58. The molecule has 90 valence electrons. The van der Waals surface area contributed by atoms with Gasteiger partial charge in [0.2, 0.25) is 6.23 Å². The lowest BCUT2D eigenvalue weighted by molar-refractivity contribution is -0.138. The van der Waals surface area contributed by atoms with E-state index in [1.807, 2.05) is 0 Å². The van der Waals surface area contributed by atoms with Gasteiger partial charge in [-0.15, -0.1) is 0 Å². The van der Waals surface area contributed by atoms with Crippen LogP contribution >= 0.6 is 23.2 Å². The van der Waals surface area contributed by atoms with Gasteiger partial charge in [-0.05, 0) is 24.3 Å². The summed E-state index contributed by atoms with van der Waals surface area (Å²) in [4.78, 5) is 11.1. The molecule has 1 aromatic rings. The quantitative estimate of drug-likeness (QED) is 0.861. The van der Waals surface area contributed by atoms with Crippen molar-refractivity contribution in [2.45, 2.75) is 6.23 Å². The Kier molecular flexibility index (Phi) is 3.45. The van der Waals surface area contributed by atoms with E-state index in [0.29, 0.717) is 0 Å². The average molecular weight is 274 g/mol. The van der Waals surface area contributed by atoms with Crippen LogP contribution in [0.2, 0.25) is 0 Å². The van der Waals surface area contributed by atoms with Crippen LogP contribution in [0.3, 0.4) is 0 Å². The van der Waals surface area contributed by atoms with E-state index in [1.165, 1.54) is 0 Å². The third-order valence-electron chi connectivity index (χ3n) is 2.23. The molecule has 17 heavy (non-hydrogen) atoms. The third kappa shape index (κ3) is 2.48. The number of carbonyl (C=O) groups excluding carboxylic acids is 1. The molecule has 1 aromatic carbocycles. The van der Waals surface area contributed by atoms with Gasteiger partial charge in [0.25, 0.3) is 0 Å². The fraction of sp³-hybridized carbons (Fsp3) is 0.182. The second kappa shape index (κ2) is 4.85. The van der Waals surface area contributed by atoms with Crippen molar-refractivity contribution in [2.75, 3.05) is 12.4 Å². The Morgan fingerprint density at radius 2 is 1.94 bits per heavy atom. The van der Waals surface area contributed by atoms with Crippen molar-refractivity contribution in [3.63, 3.8) is 0 Å².